The second-order valence-electron chi connectivity index (χ2n) is 8.42. The number of ether oxygens (including phenoxy) is 1. The smallest absolute Gasteiger partial charge is 0.245 e. The molecule has 6 nitrogen and oxygen atoms in total. The molecule has 2 saturated heterocycles. The summed E-state index contributed by atoms with van der Waals surface area (Å²) in [5.41, 5.74) is 0. The SMILES string of the molecule is CC(=O)N1C[C@H](Oc2cccc(F)c2)C[C@@H]1C(=O)N1CCCN(C2CCC2)CC1. The lowest BCUT2D eigenvalue weighted by atomic mass is 9.91. The molecule has 0 aromatic heterocycles. The fraction of sp³-hybridized carbons (Fsp3) is 0.636. The van der Waals surface area contributed by atoms with E-state index in [1.807, 2.05) is 4.90 Å². The standard InChI is InChI=1S/C22H30FN3O3/c1-16(27)26-15-20(29-19-8-2-5-17(23)13-19)14-21(26)22(28)25-10-4-9-24(11-12-25)18-6-3-7-18/h2,5,8,13,18,20-21H,3-4,6-7,9-12,14-15H2,1H3/t20-,21-/m1/s1. The number of carbonyl (C=O) groups excluding carboxylic acids is 2. The van der Waals surface area contributed by atoms with Crippen LogP contribution in [0.25, 0.3) is 0 Å². The lowest BCUT2D eigenvalue weighted by molar-refractivity contribution is -0.142. The molecule has 1 aromatic carbocycles. The summed E-state index contributed by atoms with van der Waals surface area (Å²) in [4.78, 5) is 31.5. The van der Waals surface area contributed by atoms with Crippen molar-refractivity contribution < 1.29 is 18.7 Å². The van der Waals surface area contributed by atoms with E-state index in [1.165, 1.54) is 38.3 Å². The maximum atomic E-state index is 13.4. The number of nitrogens with zero attached hydrogens (tertiary/aromatic N) is 3. The summed E-state index contributed by atoms with van der Waals surface area (Å²) in [6, 6.07) is 6.17. The summed E-state index contributed by atoms with van der Waals surface area (Å²) in [5, 5.41) is 0. The predicted octanol–water partition coefficient (Wildman–Crippen LogP) is 2.28. The molecule has 2 amide bonds. The van der Waals surface area contributed by atoms with Crippen LogP contribution in [0.15, 0.2) is 24.3 Å². The summed E-state index contributed by atoms with van der Waals surface area (Å²) in [7, 11) is 0. The summed E-state index contributed by atoms with van der Waals surface area (Å²) in [6.07, 6.45) is 4.96. The number of rotatable bonds is 4. The zero-order valence-electron chi connectivity index (χ0n) is 17.1. The molecule has 0 spiro atoms. The quantitative estimate of drug-likeness (QED) is 0.774. The zero-order chi connectivity index (χ0) is 20.4. The molecule has 2 heterocycles. The highest BCUT2D eigenvalue weighted by molar-refractivity contribution is 5.87. The number of likely N-dealkylation sites (tertiary alicyclic amines) is 1. The summed E-state index contributed by atoms with van der Waals surface area (Å²) in [6.45, 7) is 5.25. The highest BCUT2D eigenvalue weighted by atomic mass is 19.1. The van der Waals surface area contributed by atoms with Crippen LogP contribution in [0.3, 0.4) is 0 Å². The Bertz CT molecular complexity index is 755. The minimum atomic E-state index is -0.499. The van der Waals surface area contributed by atoms with Crippen molar-refractivity contribution in [2.45, 2.75) is 57.2 Å². The fourth-order valence-electron chi connectivity index (χ4n) is 4.68. The molecule has 0 bridgehead atoms. The number of benzene rings is 1. The molecular formula is C22H30FN3O3. The van der Waals surface area contributed by atoms with Crippen LogP contribution in [-0.2, 0) is 9.59 Å². The number of halogens is 1. The molecule has 1 aliphatic carbocycles. The Balaban J connectivity index is 1.40. The van der Waals surface area contributed by atoms with Crippen LogP contribution in [0.1, 0.15) is 39.0 Å². The van der Waals surface area contributed by atoms with Crippen LogP contribution in [0, 0.1) is 5.82 Å². The van der Waals surface area contributed by atoms with Crippen molar-refractivity contribution in [3.8, 4) is 5.75 Å². The van der Waals surface area contributed by atoms with Gasteiger partial charge in [0, 0.05) is 51.6 Å². The molecule has 7 heteroatoms. The molecule has 0 radical (unpaired) electrons. The minimum Gasteiger partial charge on any atom is -0.488 e. The Hall–Kier alpha value is -2.15. The van der Waals surface area contributed by atoms with Crippen molar-refractivity contribution >= 4 is 11.8 Å². The van der Waals surface area contributed by atoms with Crippen LogP contribution in [0.5, 0.6) is 5.75 Å². The van der Waals surface area contributed by atoms with Crippen molar-refractivity contribution in [2.75, 3.05) is 32.7 Å². The topological polar surface area (TPSA) is 53.1 Å². The Morgan fingerprint density at radius 1 is 1.10 bits per heavy atom. The van der Waals surface area contributed by atoms with Crippen LogP contribution in [0.4, 0.5) is 4.39 Å². The normalized spacial score (nSPS) is 26.1. The van der Waals surface area contributed by atoms with E-state index in [0.29, 0.717) is 31.3 Å². The van der Waals surface area contributed by atoms with Gasteiger partial charge in [-0.1, -0.05) is 12.5 Å². The molecule has 29 heavy (non-hydrogen) atoms. The van der Waals surface area contributed by atoms with Crippen LogP contribution >= 0.6 is 0 Å². The van der Waals surface area contributed by atoms with Crippen molar-refractivity contribution in [1.29, 1.82) is 0 Å². The first-order chi connectivity index (χ1) is 14.0. The third-order valence-corrected chi connectivity index (χ3v) is 6.48. The molecule has 2 aliphatic heterocycles. The highest BCUT2D eigenvalue weighted by Gasteiger charge is 2.41. The Kier molecular flexibility index (Phi) is 6.04. The molecule has 0 unspecified atom stereocenters. The molecule has 3 fully saturated rings. The van der Waals surface area contributed by atoms with E-state index in [2.05, 4.69) is 4.90 Å². The van der Waals surface area contributed by atoms with Gasteiger partial charge in [-0.3, -0.25) is 14.5 Å². The monoisotopic (exact) mass is 403 g/mol. The van der Waals surface area contributed by atoms with E-state index in [4.69, 9.17) is 4.74 Å². The van der Waals surface area contributed by atoms with Gasteiger partial charge in [0.15, 0.2) is 0 Å². The summed E-state index contributed by atoms with van der Waals surface area (Å²) >= 11 is 0. The van der Waals surface area contributed by atoms with Crippen molar-refractivity contribution in [2.24, 2.45) is 0 Å². The maximum Gasteiger partial charge on any atom is 0.245 e. The molecular weight excluding hydrogens is 373 g/mol. The third-order valence-electron chi connectivity index (χ3n) is 6.48. The molecule has 2 atom stereocenters. The van der Waals surface area contributed by atoms with Gasteiger partial charge in [0.1, 0.15) is 23.7 Å². The summed E-state index contributed by atoms with van der Waals surface area (Å²) < 4.78 is 19.3. The average Bonchev–Trinajstić information content (AvgIpc) is 2.91. The van der Waals surface area contributed by atoms with Gasteiger partial charge < -0.3 is 14.5 Å². The van der Waals surface area contributed by atoms with Gasteiger partial charge in [0.2, 0.25) is 11.8 Å². The summed E-state index contributed by atoms with van der Waals surface area (Å²) in [5.74, 6) is -0.0461. The van der Waals surface area contributed by atoms with E-state index in [0.717, 1.165) is 26.1 Å². The van der Waals surface area contributed by atoms with Gasteiger partial charge in [0.05, 0.1) is 6.54 Å². The van der Waals surface area contributed by atoms with Gasteiger partial charge in [-0.05, 0) is 31.4 Å². The van der Waals surface area contributed by atoms with Gasteiger partial charge in [-0.25, -0.2) is 4.39 Å². The fourth-order valence-corrected chi connectivity index (χ4v) is 4.68. The van der Waals surface area contributed by atoms with Gasteiger partial charge in [0.25, 0.3) is 0 Å². The van der Waals surface area contributed by atoms with E-state index < -0.39 is 6.04 Å². The second kappa shape index (κ2) is 8.69. The lowest BCUT2D eigenvalue weighted by Crippen LogP contribution is -2.48. The second-order valence-corrected chi connectivity index (χ2v) is 8.42. The van der Waals surface area contributed by atoms with E-state index in [-0.39, 0.29) is 23.7 Å². The molecule has 1 saturated carbocycles. The third kappa shape index (κ3) is 4.55. The molecule has 0 N–H and O–H groups in total. The van der Waals surface area contributed by atoms with Crippen molar-refractivity contribution in [1.82, 2.24) is 14.7 Å². The van der Waals surface area contributed by atoms with Crippen molar-refractivity contribution in [3.05, 3.63) is 30.1 Å². The number of amides is 2. The Labute approximate surface area is 171 Å². The largest absolute Gasteiger partial charge is 0.488 e. The lowest BCUT2D eigenvalue weighted by Gasteiger charge is -2.36. The Morgan fingerprint density at radius 3 is 2.62 bits per heavy atom. The first-order valence-corrected chi connectivity index (χ1v) is 10.7. The maximum absolute atomic E-state index is 13.4. The minimum absolute atomic E-state index is 0.0148. The van der Waals surface area contributed by atoms with Crippen molar-refractivity contribution in [3.63, 3.8) is 0 Å². The van der Waals surface area contributed by atoms with Gasteiger partial charge in [-0.15, -0.1) is 0 Å². The number of carbonyl (C=O) groups is 2. The first kappa shape index (κ1) is 20.1. The molecule has 4 rings (SSSR count). The average molecular weight is 403 g/mol. The number of hydrogen-bond acceptors (Lipinski definition) is 4. The Morgan fingerprint density at radius 2 is 1.93 bits per heavy atom. The van der Waals surface area contributed by atoms with Gasteiger partial charge >= 0.3 is 0 Å². The van der Waals surface area contributed by atoms with Crippen LogP contribution in [0.2, 0.25) is 0 Å². The van der Waals surface area contributed by atoms with Crippen LogP contribution < -0.4 is 4.74 Å². The van der Waals surface area contributed by atoms with E-state index >= 15 is 0 Å². The first-order valence-electron chi connectivity index (χ1n) is 10.7. The van der Waals surface area contributed by atoms with E-state index in [9.17, 15) is 14.0 Å². The highest BCUT2D eigenvalue weighted by Crippen LogP contribution is 2.28. The molecule has 1 aromatic rings. The molecule has 158 valence electrons. The number of hydrogen-bond donors (Lipinski definition) is 0. The molecule has 3 aliphatic rings. The van der Waals surface area contributed by atoms with Gasteiger partial charge in [-0.2, -0.15) is 0 Å². The van der Waals surface area contributed by atoms with E-state index in [1.54, 1.807) is 17.0 Å². The predicted molar refractivity (Wildman–Crippen MR) is 107 cm³/mol. The zero-order valence-corrected chi connectivity index (χ0v) is 17.1. The van der Waals surface area contributed by atoms with Crippen LogP contribution in [-0.4, -0.2) is 77.4 Å².